The maximum Gasteiger partial charge on any atom is 0.232 e. The Morgan fingerprint density at radius 1 is 1.25 bits per heavy atom. The van der Waals surface area contributed by atoms with E-state index in [-0.39, 0.29) is 4.75 Å². The van der Waals surface area contributed by atoms with Gasteiger partial charge in [-0.15, -0.1) is 11.8 Å². The van der Waals surface area contributed by atoms with Gasteiger partial charge in [0.1, 0.15) is 0 Å². The van der Waals surface area contributed by atoms with Gasteiger partial charge in [-0.05, 0) is 12.8 Å². The molecule has 0 spiro atoms. The Morgan fingerprint density at radius 3 is 2.60 bits per heavy atom. The predicted octanol–water partition coefficient (Wildman–Crippen LogP) is 1.84. The zero-order valence-electron chi connectivity index (χ0n) is 13.1. The maximum atomic E-state index is 12.4. The van der Waals surface area contributed by atoms with Crippen molar-refractivity contribution in [2.45, 2.75) is 44.4 Å². The fourth-order valence-electron chi connectivity index (χ4n) is 2.80. The molecule has 2 rings (SSSR count). The third kappa shape index (κ3) is 4.93. The first kappa shape index (κ1) is 16.1. The fraction of sp³-hybridized carbons (Fsp3) is 0.933. The van der Waals surface area contributed by atoms with Crippen molar-refractivity contribution in [3.8, 4) is 0 Å². The fourth-order valence-corrected chi connectivity index (χ4v) is 3.52. The summed E-state index contributed by atoms with van der Waals surface area (Å²) in [6, 6.07) is 0.418. The van der Waals surface area contributed by atoms with Crippen molar-refractivity contribution in [2.24, 2.45) is 0 Å². The number of thioether (sulfide) groups is 1. The van der Waals surface area contributed by atoms with E-state index < -0.39 is 0 Å². The van der Waals surface area contributed by atoms with Crippen LogP contribution >= 0.6 is 11.8 Å². The molecular weight excluding hydrogens is 272 g/mol. The molecule has 0 aromatic carbocycles. The standard InChI is InChI=1S/C15H28N2O2S/c1-15(2,3)20-12-14(18)17-6-4-5-13(17)11-16-7-9-19-10-8-16/h13H,4-12H2,1-3H3/t13-/m0/s1. The summed E-state index contributed by atoms with van der Waals surface area (Å²) in [5.41, 5.74) is 0. The molecule has 116 valence electrons. The molecule has 2 aliphatic rings. The molecule has 1 atom stereocenters. The van der Waals surface area contributed by atoms with Crippen molar-refractivity contribution in [1.82, 2.24) is 9.80 Å². The lowest BCUT2D eigenvalue weighted by atomic mass is 10.2. The van der Waals surface area contributed by atoms with E-state index in [0.717, 1.165) is 52.2 Å². The highest BCUT2D eigenvalue weighted by Gasteiger charge is 2.30. The smallest absolute Gasteiger partial charge is 0.232 e. The third-order valence-electron chi connectivity index (χ3n) is 3.90. The van der Waals surface area contributed by atoms with Gasteiger partial charge in [0.2, 0.25) is 5.91 Å². The second-order valence-corrected chi connectivity index (χ2v) is 8.50. The molecule has 2 heterocycles. The lowest BCUT2D eigenvalue weighted by Gasteiger charge is -2.33. The Labute approximate surface area is 127 Å². The Kier molecular flexibility index (Phi) is 5.75. The van der Waals surface area contributed by atoms with E-state index in [9.17, 15) is 4.79 Å². The number of hydrogen-bond donors (Lipinski definition) is 0. The largest absolute Gasteiger partial charge is 0.379 e. The Morgan fingerprint density at radius 2 is 1.95 bits per heavy atom. The Bertz CT molecular complexity index is 324. The van der Waals surface area contributed by atoms with E-state index in [1.165, 1.54) is 0 Å². The van der Waals surface area contributed by atoms with E-state index in [1.807, 2.05) is 0 Å². The summed E-state index contributed by atoms with van der Waals surface area (Å²) in [5.74, 6) is 0.934. The predicted molar refractivity (Wildman–Crippen MR) is 84.2 cm³/mol. The number of likely N-dealkylation sites (tertiary alicyclic amines) is 1. The Hall–Kier alpha value is -0.260. The highest BCUT2D eigenvalue weighted by atomic mass is 32.2. The topological polar surface area (TPSA) is 32.8 Å². The molecule has 0 aromatic heterocycles. The first-order valence-corrected chi connectivity index (χ1v) is 8.68. The molecule has 2 fully saturated rings. The number of ether oxygens (including phenoxy) is 1. The zero-order valence-corrected chi connectivity index (χ0v) is 13.9. The van der Waals surface area contributed by atoms with Gasteiger partial charge in [0.25, 0.3) is 0 Å². The summed E-state index contributed by atoms with van der Waals surface area (Å²) in [5, 5.41) is 0. The van der Waals surface area contributed by atoms with Crippen LogP contribution in [0.2, 0.25) is 0 Å². The summed E-state index contributed by atoms with van der Waals surface area (Å²) in [6.07, 6.45) is 2.31. The lowest BCUT2D eigenvalue weighted by molar-refractivity contribution is -0.129. The van der Waals surface area contributed by atoms with Crippen LogP contribution in [-0.4, -0.2) is 71.6 Å². The number of carbonyl (C=O) groups is 1. The molecule has 0 saturated carbocycles. The molecule has 20 heavy (non-hydrogen) atoms. The molecule has 0 bridgehead atoms. The second kappa shape index (κ2) is 7.14. The van der Waals surface area contributed by atoms with Crippen LogP contribution in [0.1, 0.15) is 33.6 Å². The SMILES string of the molecule is CC(C)(C)SCC(=O)N1CCC[C@H]1CN1CCOCC1. The van der Waals surface area contributed by atoms with Crippen LogP contribution < -0.4 is 0 Å². The zero-order chi connectivity index (χ0) is 14.6. The molecule has 1 amide bonds. The quantitative estimate of drug-likeness (QED) is 0.793. The number of morpholine rings is 1. The van der Waals surface area contributed by atoms with Crippen LogP contribution in [0.5, 0.6) is 0 Å². The van der Waals surface area contributed by atoms with Gasteiger partial charge in [0, 0.05) is 37.0 Å². The van der Waals surface area contributed by atoms with Gasteiger partial charge in [0.05, 0.1) is 19.0 Å². The second-order valence-electron chi connectivity index (χ2n) is 6.70. The molecule has 5 heteroatoms. The summed E-state index contributed by atoms with van der Waals surface area (Å²) in [7, 11) is 0. The Balaban J connectivity index is 1.81. The lowest BCUT2D eigenvalue weighted by Crippen LogP contribution is -2.47. The van der Waals surface area contributed by atoms with Gasteiger partial charge in [0.15, 0.2) is 0 Å². The van der Waals surface area contributed by atoms with Gasteiger partial charge in [-0.25, -0.2) is 0 Å². The van der Waals surface area contributed by atoms with Crippen LogP contribution in [0.3, 0.4) is 0 Å². The number of carbonyl (C=O) groups excluding carboxylic acids is 1. The van der Waals surface area contributed by atoms with Gasteiger partial charge in [-0.3, -0.25) is 9.69 Å². The van der Waals surface area contributed by atoms with E-state index in [2.05, 4.69) is 30.6 Å². The van der Waals surface area contributed by atoms with E-state index >= 15 is 0 Å². The van der Waals surface area contributed by atoms with Crippen LogP contribution in [0, 0.1) is 0 Å². The average molecular weight is 300 g/mol. The van der Waals surface area contributed by atoms with Crippen molar-refractivity contribution in [3.63, 3.8) is 0 Å². The minimum Gasteiger partial charge on any atom is -0.379 e. The van der Waals surface area contributed by atoms with Crippen molar-refractivity contribution in [1.29, 1.82) is 0 Å². The first-order chi connectivity index (χ1) is 9.46. The monoisotopic (exact) mass is 300 g/mol. The number of nitrogens with zero attached hydrogens (tertiary/aromatic N) is 2. The van der Waals surface area contributed by atoms with Crippen molar-refractivity contribution >= 4 is 17.7 Å². The minimum absolute atomic E-state index is 0.162. The normalized spacial score (nSPS) is 25.1. The summed E-state index contributed by atoms with van der Waals surface area (Å²) in [6.45, 7) is 12.2. The van der Waals surface area contributed by atoms with Crippen LogP contribution in [-0.2, 0) is 9.53 Å². The summed E-state index contributed by atoms with van der Waals surface area (Å²) in [4.78, 5) is 17.0. The van der Waals surface area contributed by atoms with Gasteiger partial charge >= 0.3 is 0 Å². The van der Waals surface area contributed by atoms with Gasteiger partial charge < -0.3 is 9.64 Å². The van der Waals surface area contributed by atoms with E-state index in [0.29, 0.717) is 17.7 Å². The third-order valence-corrected chi connectivity index (χ3v) is 5.16. The summed E-state index contributed by atoms with van der Waals surface area (Å²) >= 11 is 1.75. The highest BCUT2D eigenvalue weighted by molar-refractivity contribution is 8.01. The van der Waals surface area contributed by atoms with Gasteiger partial charge in [-0.1, -0.05) is 20.8 Å². The molecular formula is C15H28N2O2S. The highest BCUT2D eigenvalue weighted by Crippen LogP contribution is 2.25. The maximum absolute atomic E-state index is 12.4. The molecule has 2 aliphatic heterocycles. The summed E-state index contributed by atoms with van der Waals surface area (Å²) < 4.78 is 5.55. The average Bonchev–Trinajstić information content (AvgIpc) is 2.84. The van der Waals surface area contributed by atoms with Crippen molar-refractivity contribution in [3.05, 3.63) is 0 Å². The van der Waals surface area contributed by atoms with E-state index in [4.69, 9.17) is 4.74 Å². The van der Waals surface area contributed by atoms with Crippen molar-refractivity contribution in [2.75, 3.05) is 45.1 Å². The molecule has 4 nitrogen and oxygen atoms in total. The van der Waals surface area contributed by atoms with Crippen LogP contribution in [0.25, 0.3) is 0 Å². The molecule has 0 radical (unpaired) electrons. The van der Waals surface area contributed by atoms with Crippen LogP contribution in [0.15, 0.2) is 0 Å². The number of rotatable bonds is 4. The molecule has 2 saturated heterocycles. The van der Waals surface area contributed by atoms with Crippen molar-refractivity contribution < 1.29 is 9.53 Å². The molecule has 0 unspecified atom stereocenters. The minimum atomic E-state index is 0.162. The number of amides is 1. The van der Waals surface area contributed by atoms with Crippen LogP contribution in [0.4, 0.5) is 0 Å². The molecule has 0 N–H and O–H groups in total. The molecule has 0 aromatic rings. The first-order valence-electron chi connectivity index (χ1n) is 7.69. The van der Waals surface area contributed by atoms with Gasteiger partial charge in [-0.2, -0.15) is 0 Å². The number of hydrogen-bond acceptors (Lipinski definition) is 4. The van der Waals surface area contributed by atoms with E-state index in [1.54, 1.807) is 11.8 Å². The molecule has 0 aliphatic carbocycles.